The Bertz CT molecular complexity index is 1110. The lowest BCUT2D eigenvalue weighted by atomic mass is 9.89. The van der Waals surface area contributed by atoms with Gasteiger partial charge in [-0.05, 0) is 41.0 Å². The van der Waals surface area contributed by atoms with Gasteiger partial charge in [0.2, 0.25) is 0 Å². The number of carbonyl (C=O) groups is 1. The van der Waals surface area contributed by atoms with Crippen molar-refractivity contribution in [3.8, 4) is 16.9 Å². The molecule has 0 aromatic heterocycles. The molecule has 0 heterocycles. The Morgan fingerprint density at radius 3 is 2.52 bits per heavy atom. The first-order valence-electron chi connectivity index (χ1n) is 9.55. The van der Waals surface area contributed by atoms with Gasteiger partial charge in [0.25, 0.3) is 0 Å². The van der Waals surface area contributed by atoms with Crippen molar-refractivity contribution in [3.63, 3.8) is 0 Å². The molecular weight excluding hydrogens is 419 g/mol. The summed E-state index contributed by atoms with van der Waals surface area (Å²) in [6.45, 7) is 0.448. The first kappa shape index (κ1) is 22.4. The van der Waals surface area contributed by atoms with Crippen molar-refractivity contribution in [1.29, 1.82) is 0 Å². The molecule has 1 atom stereocenters. The molecule has 0 bridgehead atoms. The van der Waals surface area contributed by atoms with Gasteiger partial charge in [-0.2, -0.15) is 0 Å². The highest BCUT2D eigenvalue weighted by Gasteiger charge is 2.21. The molecule has 4 nitrogen and oxygen atoms in total. The molecule has 0 fully saturated rings. The van der Waals surface area contributed by atoms with Crippen LogP contribution in [0.1, 0.15) is 22.6 Å². The van der Waals surface area contributed by atoms with E-state index >= 15 is 4.39 Å². The van der Waals surface area contributed by atoms with Crippen LogP contribution < -0.4 is 4.74 Å². The third kappa shape index (κ3) is 5.09. The van der Waals surface area contributed by atoms with E-state index in [-0.39, 0.29) is 22.9 Å². The van der Waals surface area contributed by atoms with Crippen LogP contribution in [0.25, 0.3) is 17.2 Å². The fraction of sp³-hybridized carbons (Fsp3) is 0.160. The van der Waals surface area contributed by atoms with Crippen molar-refractivity contribution in [2.45, 2.75) is 5.92 Å². The number of aldehydes is 1. The summed E-state index contributed by atoms with van der Waals surface area (Å²) in [6, 6.07) is 17.2. The Kier molecular flexibility index (Phi) is 7.74. The average Bonchev–Trinajstić information content (AvgIpc) is 2.78. The van der Waals surface area contributed by atoms with Gasteiger partial charge in [0.05, 0.1) is 12.5 Å². The second-order valence-corrected chi connectivity index (χ2v) is 7.12. The number of rotatable bonds is 9. The predicted octanol–water partition coefficient (Wildman–Crippen LogP) is 5.35. The zero-order valence-corrected chi connectivity index (χ0v) is 17.6. The van der Waals surface area contributed by atoms with E-state index in [2.05, 4.69) is 0 Å². The second kappa shape index (κ2) is 10.7. The molecule has 0 N–H and O–H groups in total. The molecular formula is C25H20ClFO4. The SMILES string of the molecule is COCCOc1ccc(C=C=O)c(-c2cc(C(C=O)c3ccccc3)ccc2Cl)c1F. The standard InChI is InChI=1S/C25H20ClFO4/c1-30-13-14-31-23-10-8-18(11-12-28)24(25(23)27)20-15-19(7-9-22(20)26)21(16-29)17-5-3-2-4-6-17/h2-11,15-16,21H,13-14H2,1H3. The second-order valence-electron chi connectivity index (χ2n) is 6.71. The van der Waals surface area contributed by atoms with Crippen LogP contribution in [0, 0.1) is 5.82 Å². The zero-order chi connectivity index (χ0) is 22.2. The van der Waals surface area contributed by atoms with E-state index in [1.54, 1.807) is 30.2 Å². The number of benzene rings is 3. The molecule has 0 amide bonds. The molecule has 3 aromatic rings. The van der Waals surface area contributed by atoms with Crippen LogP contribution in [-0.4, -0.2) is 32.6 Å². The number of hydrogen-bond acceptors (Lipinski definition) is 4. The summed E-state index contributed by atoms with van der Waals surface area (Å²) in [7, 11) is 1.52. The molecule has 0 aliphatic heterocycles. The minimum absolute atomic E-state index is 0.00608. The molecule has 0 saturated heterocycles. The maximum absolute atomic E-state index is 15.4. The Balaban J connectivity index is 2.15. The maximum Gasteiger partial charge on any atom is 0.173 e. The molecule has 0 saturated carbocycles. The number of hydrogen-bond donors (Lipinski definition) is 0. The summed E-state index contributed by atoms with van der Waals surface area (Å²) in [5.74, 6) is 0.477. The van der Waals surface area contributed by atoms with E-state index in [4.69, 9.17) is 21.1 Å². The molecule has 3 aromatic carbocycles. The molecule has 158 valence electrons. The van der Waals surface area contributed by atoms with Gasteiger partial charge in [0.15, 0.2) is 11.6 Å². The van der Waals surface area contributed by atoms with Gasteiger partial charge in [-0.15, -0.1) is 0 Å². The molecule has 0 aliphatic carbocycles. The summed E-state index contributed by atoms with van der Waals surface area (Å²) >= 11 is 6.42. The highest BCUT2D eigenvalue weighted by molar-refractivity contribution is 6.33. The smallest absolute Gasteiger partial charge is 0.173 e. The van der Waals surface area contributed by atoms with Crippen LogP contribution in [0.4, 0.5) is 4.39 Å². The van der Waals surface area contributed by atoms with Crippen molar-refractivity contribution in [1.82, 2.24) is 0 Å². The third-order valence-corrected chi connectivity index (χ3v) is 5.14. The van der Waals surface area contributed by atoms with Crippen LogP contribution >= 0.6 is 11.6 Å². The number of ether oxygens (including phenoxy) is 2. The molecule has 1 unspecified atom stereocenters. The maximum atomic E-state index is 15.4. The van der Waals surface area contributed by atoms with E-state index in [1.807, 2.05) is 30.3 Å². The predicted molar refractivity (Wildman–Crippen MR) is 119 cm³/mol. The van der Waals surface area contributed by atoms with Crippen LogP contribution in [0.5, 0.6) is 5.75 Å². The van der Waals surface area contributed by atoms with Crippen LogP contribution in [0.3, 0.4) is 0 Å². The van der Waals surface area contributed by atoms with Crippen LogP contribution in [-0.2, 0) is 14.3 Å². The fourth-order valence-electron chi connectivity index (χ4n) is 3.31. The molecule has 31 heavy (non-hydrogen) atoms. The molecule has 0 aliphatic rings. The van der Waals surface area contributed by atoms with Crippen molar-refractivity contribution < 1.29 is 23.5 Å². The first-order valence-corrected chi connectivity index (χ1v) is 9.93. The van der Waals surface area contributed by atoms with Crippen LogP contribution in [0.15, 0.2) is 60.7 Å². The summed E-state index contributed by atoms with van der Waals surface area (Å²) in [5, 5.41) is 0.273. The number of halogens is 2. The largest absolute Gasteiger partial charge is 0.488 e. The summed E-state index contributed by atoms with van der Waals surface area (Å²) in [6.07, 6.45) is 1.96. The fourth-order valence-corrected chi connectivity index (χ4v) is 3.53. The number of methoxy groups -OCH3 is 1. The van der Waals surface area contributed by atoms with Gasteiger partial charge in [0, 0.05) is 29.3 Å². The number of carbonyl (C=O) groups excluding carboxylic acids is 2. The monoisotopic (exact) mass is 438 g/mol. The van der Waals surface area contributed by atoms with E-state index < -0.39 is 11.7 Å². The lowest BCUT2D eigenvalue weighted by Gasteiger charge is -2.17. The Morgan fingerprint density at radius 2 is 1.84 bits per heavy atom. The lowest BCUT2D eigenvalue weighted by Crippen LogP contribution is -2.07. The van der Waals surface area contributed by atoms with Gasteiger partial charge in [-0.25, -0.2) is 9.18 Å². The topological polar surface area (TPSA) is 52.6 Å². The van der Waals surface area contributed by atoms with Crippen molar-refractivity contribution in [3.05, 3.63) is 88.2 Å². The van der Waals surface area contributed by atoms with E-state index in [0.29, 0.717) is 23.3 Å². The van der Waals surface area contributed by atoms with Crippen molar-refractivity contribution in [2.24, 2.45) is 0 Å². The Labute approximate surface area is 184 Å². The first-order chi connectivity index (χ1) is 15.1. The van der Waals surface area contributed by atoms with Gasteiger partial charge in [-0.1, -0.05) is 48.0 Å². The normalized spacial score (nSPS) is 11.5. The third-order valence-electron chi connectivity index (χ3n) is 4.81. The highest BCUT2D eigenvalue weighted by Crippen LogP contribution is 2.39. The lowest BCUT2D eigenvalue weighted by molar-refractivity contribution is -0.108. The molecule has 0 spiro atoms. The van der Waals surface area contributed by atoms with E-state index in [1.165, 1.54) is 13.2 Å². The minimum atomic E-state index is -0.665. The summed E-state index contributed by atoms with van der Waals surface area (Å²) in [5.41, 5.74) is 2.19. The van der Waals surface area contributed by atoms with E-state index in [0.717, 1.165) is 17.9 Å². The molecule has 6 heteroatoms. The van der Waals surface area contributed by atoms with Crippen molar-refractivity contribution >= 4 is 29.9 Å². The van der Waals surface area contributed by atoms with Crippen molar-refractivity contribution in [2.75, 3.05) is 20.3 Å². The molecule has 3 rings (SSSR count). The van der Waals surface area contributed by atoms with Gasteiger partial charge < -0.3 is 14.3 Å². The zero-order valence-electron chi connectivity index (χ0n) is 16.8. The Hall–Kier alpha value is -3.24. The van der Waals surface area contributed by atoms with E-state index in [9.17, 15) is 9.59 Å². The van der Waals surface area contributed by atoms with Crippen LogP contribution in [0.2, 0.25) is 5.02 Å². The van der Waals surface area contributed by atoms with Gasteiger partial charge >= 0.3 is 0 Å². The van der Waals surface area contributed by atoms with Gasteiger partial charge in [0.1, 0.15) is 18.8 Å². The quantitative estimate of drug-likeness (QED) is 0.257. The highest BCUT2D eigenvalue weighted by atomic mass is 35.5. The summed E-state index contributed by atoms with van der Waals surface area (Å²) in [4.78, 5) is 22.9. The molecule has 0 radical (unpaired) electrons. The summed E-state index contributed by atoms with van der Waals surface area (Å²) < 4.78 is 25.8. The average molecular weight is 439 g/mol. The van der Waals surface area contributed by atoms with Gasteiger partial charge in [-0.3, -0.25) is 0 Å². The Morgan fingerprint density at radius 1 is 1.06 bits per heavy atom. The minimum Gasteiger partial charge on any atom is -0.488 e.